The smallest absolute Gasteiger partial charge is 0.177 e. The minimum Gasteiger partial charge on any atom is -0.394 e. The molecule has 0 aromatic heterocycles. The van der Waals surface area contributed by atoms with Gasteiger partial charge in [-0.1, -0.05) is 20.8 Å². The second-order valence-electron chi connectivity index (χ2n) is 5.01. The first-order valence-corrected chi connectivity index (χ1v) is 5.51. The fourth-order valence-electron chi connectivity index (χ4n) is 0.930. The van der Waals surface area contributed by atoms with E-state index < -0.39 is 6.29 Å². The van der Waals surface area contributed by atoms with E-state index >= 15 is 0 Å². The highest BCUT2D eigenvalue weighted by atomic mass is 16.7. The first-order valence-electron chi connectivity index (χ1n) is 5.51. The van der Waals surface area contributed by atoms with Crippen LogP contribution >= 0.6 is 0 Å². The van der Waals surface area contributed by atoms with Gasteiger partial charge < -0.3 is 19.7 Å². The molecule has 0 bridgehead atoms. The Hall–Kier alpha value is -0.420. The molecule has 0 radical (unpaired) electrons. The molecule has 1 unspecified atom stereocenters. The van der Waals surface area contributed by atoms with Crippen LogP contribution in [0.1, 0.15) is 27.7 Å². The summed E-state index contributed by atoms with van der Waals surface area (Å²) in [6.45, 7) is 8.73. The molecule has 0 aliphatic rings. The van der Waals surface area contributed by atoms with Gasteiger partial charge in [-0.05, 0) is 24.0 Å². The van der Waals surface area contributed by atoms with Crippen LogP contribution in [0.3, 0.4) is 0 Å². The number of aliphatic hydroxyl groups is 2. The minimum absolute atomic E-state index is 0.0160. The average Bonchev–Trinajstić information content (AvgIpc) is 2.20. The van der Waals surface area contributed by atoms with Crippen LogP contribution < -0.4 is 0 Å². The van der Waals surface area contributed by atoms with Crippen molar-refractivity contribution in [1.82, 2.24) is 0 Å². The quantitative estimate of drug-likeness (QED) is 0.513. The van der Waals surface area contributed by atoms with E-state index in [0.717, 1.165) is 5.57 Å². The molecule has 16 heavy (non-hydrogen) atoms. The zero-order chi connectivity index (χ0) is 12.6. The summed E-state index contributed by atoms with van der Waals surface area (Å²) in [6.07, 6.45) is 1.22. The SMILES string of the molecule is C/C(=C\C(OCCO)OCC(C)(C)C)CO. The fraction of sp³-hybridized carbons (Fsp3) is 0.833. The molecule has 0 fully saturated rings. The summed E-state index contributed by atoms with van der Waals surface area (Å²) in [6, 6.07) is 0. The summed E-state index contributed by atoms with van der Waals surface area (Å²) in [5.41, 5.74) is 0.846. The molecule has 4 heteroatoms. The van der Waals surface area contributed by atoms with Crippen LogP contribution in [0.25, 0.3) is 0 Å². The fourth-order valence-corrected chi connectivity index (χ4v) is 0.930. The van der Waals surface area contributed by atoms with Gasteiger partial charge in [0.25, 0.3) is 0 Å². The Labute approximate surface area is 97.9 Å². The van der Waals surface area contributed by atoms with Crippen molar-refractivity contribution in [3.63, 3.8) is 0 Å². The van der Waals surface area contributed by atoms with E-state index in [1.54, 1.807) is 13.0 Å². The lowest BCUT2D eigenvalue weighted by atomic mass is 9.99. The van der Waals surface area contributed by atoms with E-state index in [-0.39, 0.29) is 25.2 Å². The van der Waals surface area contributed by atoms with Crippen molar-refractivity contribution in [2.24, 2.45) is 5.41 Å². The van der Waals surface area contributed by atoms with Gasteiger partial charge in [0.2, 0.25) is 0 Å². The van der Waals surface area contributed by atoms with Crippen LogP contribution in [0.15, 0.2) is 11.6 Å². The lowest BCUT2D eigenvalue weighted by Crippen LogP contribution is -2.24. The Bertz CT molecular complexity index is 206. The van der Waals surface area contributed by atoms with Gasteiger partial charge in [-0.25, -0.2) is 0 Å². The molecule has 1 atom stereocenters. The standard InChI is InChI=1S/C12H24O4/c1-10(8-14)7-11(15-6-5-13)16-9-12(2,3)4/h7,11,13-14H,5-6,8-9H2,1-4H3/b10-7+. The summed E-state index contributed by atoms with van der Waals surface area (Å²) < 4.78 is 10.9. The van der Waals surface area contributed by atoms with E-state index in [1.165, 1.54) is 0 Å². The van der Waals surface area contributed by atoms with Crippen molar-refractivity contribution < 1.29 is 19.7 Å². The average molecular weight is 232 g/mol. The van der Waals surface area contributed by atoms with E-state index in [2.05, 4.69) is 20.8 Å². The van der Waals surface area contributed by atoms with Crippen molar-refractivity contribution in [3.05, 3.63) is 11.6 Å². The molecule has 0 aliphatic heterocycles. The topological polar surface area (TPSA) is 58.9 Å². The van der Waals surface area contributed by atoms with Gasteiger partial charge in [0, 0.05) is 0 Å². The highest BCUT2D eigenvalue weighted by Crippen LogP contribution is 2.15. The van der Waals surface area contributed by atoms with Gasteiger partial charge in [0.15, 0.2) is 6.29 Å². The molecular weight excluding hydrogens is 208 g/mol. The van der Waals surface area contributed by atoms with Gasteiger partial charge >= 0.3 is 0 Å². The van der Waals surface area contributed by atoms with E-state index in [4.69, 9.17) is 19.7 Å². The Morgan fingerprint density at radius 3 is 2.31 bits per heavy atom. The van der Waals surface area contributed by atoms with Crippen molar-refractivity contribution in [2.45, 2.75) is 34.0 Å². The summed E-state index contributed by atoms with van der Waals surface area (Å²) in [7, 11) is 0. The van der Waals surface area contributed by atoms with Gasteiger partial charge in [-0.3, -0.25) is 0 Å². The van der Waals surface area contributed by atoms with Crippen LogP contribution in [0, 0.1) is 5.41 Å². The largest absolute Gasteiger partial charge is 0.394 e. The Morgan fingerprint density at radius 1 is 1.25 bits per heavy atom. The molecule has 4 nitrogen and oxygen atoms in total. The molecule has 0 aromatic rings. The maximum Gasteiger partial charge on any atom is 0.177 e. The third kappa shape index (κ3) is 8.85. The van der Waals surface area contributed by atoms with Crippen LogP contribution in [0.4, 0.5) is 0 Å². The lowest BCUT2D eigenvalue weighted by molar-refractivity contribution is -0.133. The van der Waals surface area contributed by atoms with Crippen molar-refractivity contribution in [1.29, 1.82) is 0 Å². The van der Waals surface area contributed by atoms with Gasteiger partial charge in [-0.15, -0.1) is 0 Å². The van der Waals surface area contributed by atoms with Crippen LogP contribution in [-0.2, 0) is 9.47 Å². The molecule has 2 N–H and O–H groups in total. The Kier molecular flexibility index (Phi) is 7.58. The summed E-state index contributed by atoms with van der Waals surface area (Å²) in [4.78, 5) is 0. The number of ether oxygens (including phenoxy) is 2. The molecule has 0 aromatic carbocycles. The number of aliphatic hydroxyl groups excluding tert-OH is 2. The maximum atomic E-state index is 8.91. The molecule has 96 valence electrons. The van der Waals surface area contributed by atoms with Crippen LogP contribution in [0.2, 0.25) is 0 Å². The predicted octanol–water partition coefficient (Wildman–Crippen LogP) is 1.32. The van der Waals surface area contributed by atoms with Gasteiger partial charge in [0.05, 0.1) is 26.4 Å². The molecule has 0 heterocycles. The summed E-state index contributed by atoms with van der Waals surface area (Å²) >= 11 is 0. The first kappa shape index (κ1) is 15.6. The van der Waals surface area contributed by atoms with Crippen molar-refractivity contribution in [2.75, 3.05) is 26.4 Å². The summed E-state index contributed by atoms with van der Waals surface area (Å²) in [5.74, 6) is 0. The molecule has 0 saturated heterocycles. The highest BCUT2D eigenvalue weighted by Gasteiger charge is 2.14. The first-order chi connectivity index (χ1) is 7.39. The Balaban J connectivity index is 4.21. The molecule has 0 amide bonds. The monoisotopic (exact) mass is 232 g/mol. The third-order valence-electron chi connectivity index (χ3n) is 1.72. The molecule has 0 aliphatic carbocycles. The number of rotatable bonds is 7. The van der Waals surface area contributed by atoms with E-state index in [1.807, 2.05) is 0 Å². The van der Waals surface area contributed by atoms with E-state index in [0.29, 0.717) is 6.61 Å². The van der Waals surface area contributed by atoms with Crippen molar-refractivity contribution >= 4 is 0 Å². The van der Waals surface area contributed by atoms with Crippen molar-refractivity contribution in [3.8, 4) is 0 Å². The zero-order valence-corrected chi connectivity index (χ0v) is 10.7. The summed E-state index contributed by atoms with van der Waals surface area (Å²) in [5, 5.41) is 17.6. The number of hydrogen-bond acceptors (Lipinski definition) is 4. The third-order valence-corrected chi connectivity index (χ3v) is 1.72. The zero-order valence-electron chi connectivity index (χ0n) is 10.7. The van der Waals surface area contributed by atoms with Gasteiger partial charge in [0.1, 0.15) is 0 Å². The molecule has 0 rings (SSSR count). The van der Waals surface area contributed by atoms with Gasteiger partial charge in [-0.2, -0.15) is 0 Å². The highest BCUT2D eigenvalue weighted by molar-refractivity contribution is 4.99. The second kappa shape index (κ2) is 7.79. The normalized spacial score (nSPS) is 15.2. The van der Waals surface area contributed by atoms with E-state index in [9.17, 15) is 0 Å². The Morgan fingerprint density at radius 2 is 1.88 bits per heavy atom. The minimum atomic E-state index is -0.501. The van der Waals surface area contributed by atoms with Crippen LogP contribution in [-0.4, -0.2) is 42.9 Å². The lowest BCUT2D eigenvalue weighted by Gasteiger charge is -2.22. The van der Waals surface area contributed by atoms with Crippen LogP contribution in [0.5, 0.6) is 0 Å². The molecular formula is C12H24O4. The second-order valence-corrected chi connectivity index (χ2v) is 5.01. The maximum absolute atomic E-state index is 8.91. The predicted molar refractivity (Wildman–Crippen MR) is 63.1 cm³/mol. The molecule has 0 saturated carbocycles. The molecule has 0 spiro atoms. The number of hydrogen-bond donors (Lipinski definition) is 2.